The van der Waals surface area contributed by atoms with Gasteiger partial charge in [0, 0.05) is 32.4 Å². The van der Waals surface area contributed by atoms with Gasteiger partial charge < -0.3 is 20.1 Å². The van der Waals surface area contributed by atoms with Crippen molar-refractivity contribution in [1.82, 2.24) is 10.6 Å². The lowest BCUT2D eigenvalue weighted by Gasteiger charge is -2.16. The molecule has 1 saturated carbocycles. The van der Waals surface area contributed by atoms with Crippen molar-refractivity contribution in [3.05, 3.63) is 29.8 Å². The fraction of sp³-hybridized carbons (Fsp3) is 0.632. The summed E-state index contributed by atoms with van der Waals surface area (Å²) < 4.78 is 11.3. The first-order valence-corrected chi connectivity index (χ1v) is 9.09. The van der Waals surface area contributed by atoms with E-state index in [9.17, 15) is 0 Å². The topological polar surface area (TPSA) is 54.9 Å². The fourth-order valence-corrected chi connectivity index (χ4v) is 2.86. The maximum Gasteiger partial charge on any atom is 0.191 e. The molecule has 0 aliphatic heterocycles. The van der Waals surface area contributed by atoms with Gasteiger partial charge in [-0.15, -0.1) is 24.0 Å². The molecule has 0 unspecified atom stereocenters. The second-order valence-electron chi connectivity index (χ2n) is 6.10. The Morgan fingerprint density at radius 3 is 2.68 bits per heavy atom. The summed E-state index contributed by atoms with van der Waals surface area (Å²) in [6.45, 7) is 5.13. The Morgan fingerprint density at radius 1 is 1.20 bits per heavy atom. The van der Waals surface area contributed by atoms with Gasteiger partial charge in [0.1, 0.15) is 5.75 Å². The Bertz CT molecular complexity index is 505. The zero-order chi connectivity index (χ0) is 17.0. The molecule has 1 aromatic rings. The van der Waals surface area contributed by atoms with E-state index in [1.165, 1.54) is 25.7 Å². The van der Waals surface area contributed by atoms with Crippen LogP contribution in [-0.4, -0.2) is 38.9 Å². The van der Waals surface area contributed by atoms with E-state index in [0.717, 1.165) is 43.4 Å². The molecule has 2 N–H and O–H groups in total. The maximum absolute atomic E-state index is 6.19. The SMILES string of the molecule is CCNC(=NCc1ccccc1OC1CCCC1)NCCCOC.I. The highest BCUT2D eigenvalue weighted by Gasteiger charge is 2.17. The molecule has 1 aliphatic rings. The maximum atomic E-state index is 6.19. The molecule has 2 rings (SSSR count). The molecule has 1 aromatic carbocycles. The Hall–Kier alpha value is -1.02. The van der Waals surface area contributed by atoms with E-state index in [2.05, 4.69) is 29.7 Å². The molecule has 0 bridgehead atoms. The summed E-state index contributed by atoms with van der Waals surface area (Å²) in [4.78, 5) is 4.69. The minimum absolute atomic E-state index is 0. The van der Waals surface area contributed by atoms with Crippen LogP contribution in [0.15, 0.2) is 29.3 Å². The molecule has 0 saturated heterocycles. The predicted octanol–water partition coefficient (Wildman–Crippen LogP) is 3.72. The molecule has 1 aliphatic carbocycles. The van der Waals surface area contributed by atoms with Crippen molar-refractivity contribution < 1.29 is 9.47 Å². The number of para-hydroxylation sites is 1. The van der Waals surface area contributed by atoms with Gasteiger partial charge in [-0.05, 0) is 45.1 Å². The van der Waals surface area contributed by atoms with Crippen molar-refractivity contribution in [3.63, 3.8) is 0 Å². The van der Waals surface area contributed by atoms with E-state index in [1.54, 1.807) is 7.11 Å². The Labute approximate surface area is 169 Å². The summed E-state index contributed by atoms with van der Waals surface area (Å²) in [6.07, 6.45) is 6.22. The second kappa shape index (κ2) is 13.2. The molecule has 0 atom stereocenters. The average Bonchev–Trinajstić information content (AvgIpc) is 3.10. The lowest BCUT2D eigenvalue weighted by molar-refractivity contribution is 0.195. The molecule has 0 heterocycles. The zero-order valence-electron chi connectivity index (χ0n) is 15.4. The standard InChI is InChI=1S/C19H31N3O2.HI/c1-3-20-19(21-13-8-14-23-2)22-15-16-9-4-7-12-18(16)24-17-10-5-6-11-17;/h4,7,9,12,17H,3,5-6,8,10-11,13-15H2,1-2H3,(H2,20,21,22);1H. The zero-order valence-corrected chi connectivity index (χ0v) is 17.8. The third kappa shape index (κ3) is 8.27. The van der Waals surface area contributed by atoms with Crippen LogP contribution in [-0.2, 0) is 11.3 Å². The van der Waals surface area contributed by atoms with Crippen molar-refractivity contribution in [2.75, 3.05) is 26.8 Å². The number of ether oxygens (including phenoxy) is 2. The lowest BCUT2D eigenvalue weighted by atomic mass is 10.2. The van der Waals surface area contributed by atoms with Gasteiger partial charge in [0.05, 0.1) is 12.6 Å². The van der Waals surface area contributed by atoms with Crippen LogP contribution in [0.3, 0.4) is 0 Å². The number of nitrogens with one attached hydrogen (secondary N) is 2. The Balaban J connectivity index is 0.00000312. The van der Waals surface area contributed by atoms with Gasteiger partial charge in [-0.2, -0.15) is 0 Å². The van der Waals surface area contributed by atoms with Crippen molar-refractivity contribution in [1.29, 1.82) is 0 Å². The predicted molar refractivity (Wildman–Crippen MR) is 114 cm³/mol. The molecule has 0 amide bonds. The monoisotopic (exact) mass is 461 g/mol. The molecule has 6 heteroatoms. The minimum Gasteiger partial charge on any atom is -0.490 e. The quantitative estimate of drug-likeness (QED) is 0.255. The van der Waals surface area contributed by atoms with Crippen molar-refractivity contribution in [2.45, 2.75) is 51.7 Å². The summed E-state index contributed by atoms with van der Waals surface area (Å²) in [5.41, 5.74) is 1.14. The van der Waals surface area contributed by atoms with E-state index >= 15 is 0 Å². The van der Waals surface area contributed by atoms with Crippen LogP contribution in [0.5, 0.6) is 5.75 Å². The lowest BCUT2D eigenvalue weighted by Crippen LogP contribution is -2.38. The van der Waals surface area contributed by atoms with Crippen LogP contribution in [0.4, 0.5) is 0 Å². The molecule has 1 fully saturated rings. The molecular weight excluding hydrogens is 429 g/mol. The average molecular weight is 461 g/mol. The van der Waals surface area contributed by atoms with Crippen LogP contribution in [0.1, 0.15) is 44.6 Å². The smallest absolute Gasteiger partial charge is 0.191 e. The van der Waals surface area contributed by atoms with E-state index in [4.69, 9.17) is 14.5 Å². The third-order valence-corrected chi connectivity index (χ3v) is 4.14. The van der Waals surface area contributed by atoms with Gasteiger partial charge in [0.25, 0.3) is 0 Å². The van der Waals surface area contributed by atoms with Gasteiger partial charge in [-0.1, -0.05) is 18.2 Å². The number of nitrogens with zero attached hydrogens (tertiary/aromatic N) is 1. The summed E-state index contributed by atoms with van der Waals surface area (Å²) >= 11 is 0. The second-order valence-corrected chi connectivity index (χ2v) is 6.10. The first-order valence-electron chi connectivity index (χ1n) is 9.09. The number of benzene rings is 1. The van der Waals surface area contributed by atoms with Crippen LogP contribution >= 0.6 is 24.0 Å². The highest BCUT2D eigenvalue weighted by molar-refractivity contribution is 14.0. The van der Waals surface area contributed by atoms with Crippen molar-refractivity contribution in [2.24, 2.45) is 4.99 Å². The first kappa shape index (κ1) is 22.0. The number of hydrogen-bond acceptors (Lipinski definition) is 3. The summed E-state index contributed by atoms with van der Waals surface area (Å²) in [5, 5.41) is 6.62. The molecular formula is C19H32IN3O2. The molecule has 0 radical (unpaired) electrons. The van der Waals surface area contributed by atoms with Gasteiger partial charge in [-0.3, -0.25) is 0 Å². The summed E-state index contributed by atoms with van der Waals surface area (Å²) in [6, 6.07) is 8.24. The largest absolute Gasteiger partial charge is 0.490 e. The van der Waals surface area contributed by atoms with Gasteiger partial charge in [0.2, 0.25) is 0 Å². The third-order valence-electron chi connectivity index (χ3n) is 4.14. The number of aliphatic imine (C=N–C) groups is 1. The summed E-state index contributed by atoms with van der Waals surface area (Å²) in [7, 11) is 1.72. The Kier molecular flexibility index (Phi) is 11.6. The molecule has 5 nitrogen and oxygen atoms in total. The fourth-order valence-electron chi connectivity index (χ4n) is 2.86. The highest BCUT2D eigenvalue weighted by Crippen LogP contribution is 2.26. The number of hydrogen-bond donors (Lipinski definition) is 2. The van der Waals surface area contributed by atoms with Crippen LogP contribution in [0.25, 0.3) is 0 Å². The van der Waals surface area contributed by atoms with E-state index in [1.807, 2.05) is 12.1 Å². The van der Waals surface area contributed by atoms with Crippen LogP contribution in [0, 0.1) is 0 Å². The Morgan fingerprint density at radius 2 is 1.96 bits per heavy atom. The molecule has 142 valence electrons. The molecule has 0 aromatic heterocycles. The van der Waals surface area contributed by atoms with Gasteiger partial charge in [0.15, 0.2) is 5.96 Å². The van der Waals surface area contributed by atoms with Crippen molar-refractivity contribution >= 4 is 29.9 Å². The van der Waals surface area contributed by atoms with E-state index in [0.29, 0.717) is 12.6 Å². The molecule has 25 heavy (non-hydrogen) atoms. The van der Waals surface area contributed by atoms with Crippen molar-refractivity contribution in [3.8, 4) is 5.75 Å². The normalized spacial score (nSPS) is 14.9. The van der Waals surface area contributed by atoms with Crippen LogP contribution < -0.4 is 15.4 Å². The van der Waals surface area contributed by atoms with Gasteiger partial charge >= 0.3 is 0 Å². The summed E-state index contributed by atoms with van der Waals surface area (Å²) in [5.74, 6) is 1.81. The number of rotatable bonds is 9. The van der Waals surface area contributed by atoms with E-state index in [-0.39, 0.29) is 24.0 Å². The van der Waals surface area contributed by atoms with Gasteiger partial charge in [-0.25, -0.2) is 4.99 Å². The highest BCUT2D eigenvalue weighted by atomic mass is 127. The van der Waals surface area contributed by atoms with E-state index < -0.39 is 0 Å². The minimum atomic E-state index is 0. The number of halogens is 1. The molecule has 0 spiro atoms. The number of guanidine groups is 1. The van der Waals surface area contributed by atoms with Crippen LogP contribution in [0.2, 0.25) is 0 Å². The number of methoxy groups -OCH3 is 1. The first-order chi connectivity index (χ1) is 11.8.